The lowest BCUT2D eigenvalue weighted by molar-refractivity contribution is 0.528. The lowest BCUT2D eigenvalue weighted by Gasteiger charge is -2.22. The van der Waals surface area contributed by atoms with Gasteiger partial charge in [0.05, 0.1) is 11.2 Å². The Morgan fingerprint density at radius 2 is 1.81 bits per heavy atom. The molecule has 0 aromatic carbocycles. The zero-order chi connectivity index (χ0) is 21.0. The molecule has 0 radical (unpaired) electrons. The fourth-order valence-corrected chi connectivity index (χ4v) is 2.42. The van der Waals surface area contributed by atoms with Crippen molar-refractivity contribution in [3.63, 3.8) is 0 Å². The summed E-state index contributed by atoms with van der Waals surface area (Å²) in [5.41, 5.74) is 6.36. The average Bonchev–Trinajstić information content (AvgIpc) is 2.84. The standard InChI is InChI=1S/C18H28N2.C4H11N.CH5N/c1-5-8-9-10-14-20-18(4)13-12-16(11-6-2)17(7-3)19-15-18;1-3-5-4-2;1-2/h6-7,11-13,15,20H,3,5,8-10,14H2,1-2,4H3;5H,3-4H2,1-2H3;2H2,1H3/b11-6-;;. The lowest BCUT2D eigenvalue weighted by atomic mass is 10.0. The zero-order valence-corrected chi connectivity index (χ0v) is 18.6. The molecule has 1 aliphatic heterocycles. The van der Waals surface area contributed by atoms with Gasteiger partial charge in [0.15, 0.2) is 0 Å². The largest absolute Gasteiger partial charge is 0.333 e. The molecule has 1 rings (SSSR count). The van der Waals surface area contributed by atoms with E-state index in [1.165, 1.54) is 32.7 Å². The van der Waals surface area contributed by atoms with Crippen LogP contribution in [0.2, 0.25) is 0 Å². The molecule has 156 valence electrons. The van der Waals surface area contributed by atoms with Crippen LogP contribution in [-0.2, 0) is 0 Å². The Labute approximate surface area is 168 Å². The van der Waals surface area contributed by atoms with E-state index in [1.54, 1.807) is 0 Å². The third-order valence-electron chi connectivity index (χ3n) is 3.95. The minimum Gasteiger partial charge on any atom is -0.333 e. The molecule has 0 saturated carbocycles. The van der Waals surface area contributed by atoms with E-state index in [1.807, 2.05) is 25.3 Å². The third-order valence-corrected chi connectivity index (χ3v) is 3.95. The van der Waals surface area contributed by atoms with Gasteiger partial charge in [-0.25, -0.2) is 0 Å². The van der Waals surface area contributed by atoms with Crippen LogP contribution < -0.4 is 16.4 Å². The highest BCUT2D eigenvalue weighted by Gasteiger charge is 2.19. The van der Waals surface area contributed by atoms with Crippen molar-refractivity contribution in [2.45, 2.75) is 65.8 Å². The Hall–Kier alpha value is -1.49. The molecule has 1 aliphatic rings. The Morgan fingerprint density at radius 3 is 2.30 bits per heavy atom. The molecule has 4 nitrogen and oxygen atoms in total. The summed E-state index contributed by atoms with van der Waals surface area (Å²) >= 11 is 0. The molecule has 0 bridgehead atoms. The van der Waals surface area contributed by atoms with E-state index < -0.39 is 0 Å². The molecule has 0 aromatic rings. The van der Waals surface area contributed by atoms with E-state index in [-0.39, 0.29) is 5.54 Å². The van der Waals surface area contributed by atoms with Gasteiger partial charge in [-0.3, -0.25) is 4.99 Å². The fourth-order valence-electron chi connectivity index (χ4n) is 2.42. The summed E-state index contributed by atoms with van der Waals surface area (Å²) in [5, 5.41) is 6.69. The number of nitrogens with one attached hydrogen (secondary N) is 2. The topological polar surface area (TPSA) is 62.4 Å². The summed E-state index contributed by atoms with van der Waals surface area (Å²) in [7, 11) is 1.50. The van der Waals surface area contributed by atoms with E-state index in [9.17, 15) is 0 Å². The number of nitrogens with two attached hydrogens (primary N) is 1. The number of hydrogen-bond donors (Lipinski definition) is 3. The molecule has 1 unspecified atom stereocenters. The molecule has 0 fully saturated rings. The van der Waals surface area contributed by atoms with Crippen LogP contribution >= 0.6 is 0 Å². The molecule has 0 aromatic heterocycles. The van der Waals surface area contributed by atoms with Gasteiger partial charge < -0.3 is 16.4 Å². The highest BCUT2D eigenvalue weighted by atomic mass is 15.0. The molecule has 4 N–H and O–H groups in total. The van der Waals surface area contributed by atoms with Crippen molar-refractivity contribution in [1.29, 1.82) is 0 Å². The quantitative estimate of drug-likeness (QED) is 0.482. The summed E-state index contributed by atoms with van der Waals surface area (Å²) in [4.78, 5) is 4.57. The van der Waals surface area contributed by atoms with Crippen LogP contribution in [0, 0.1) is 0 Å². The Balaban J connectivity index is 0. The molecule has 0 spiro atoms. The van der Waals surface area contributed by atoms with Crippen LogP contribution in [0.15, 0.2) is 53.2 Å². The van der Waals surface area contributed by atoms with Crippen LogP contribution in [0.4, 0.5) is 0 Å². The molecule has 1 heterocycles. The van der Waals surface area contributed by atoms with Gasteiger partial charge in [0.2, 0.25) is 0 Å². The van der Waals surface area contributed by atoms with Gasteiger partial charge >= 0.3 is 0 Å². The number of aliphatic imine (C=N–C) groups is 1. The third kappa shape index (κ3) is 14.3. The van der Waals surface area contributed by atoms with Crippen molar-refractivity contribution >= 4 is 6.21 Å². The van der Waals surface area contributed by atoms with Crippen LogP contribution in [0.3, 0.4) is 0 Å². The van der Waals surface area contributed by atoms with E-state index in [2.05, 4.69) is 73.9 Å². The SMILES string of the molecule is C=CC1=C(/C=C\C)C=CC(C)(NCCCCCC)C=N1.CCNCC.CN. The maximum Gasteiger partial charge on any atom is 0.0698 e. The summed E-state index contributed by atoms with van der Waals surface area (Å²) < 4.78 is 0. The van der Waals surface area contributed by atoms with Crippen LogP contribution in [0.1, 0.15) is 60.3 Å². The number of rotatable bonds is 10. The molecule has 1 atom stereocenters. The Bertz CT molecular complexity index is 473. The summed E-state index contributed by atoms with van der Waals surface area (Å²) in [6.45, 7) is 17.7. The van der Waals surface area contributed by atoms with E-state index in [4.69, 9.17) is 0 Å². The van der Waals surface area contributed by atoms with Crippen LogP contribution in [0.25, 0.3) is 0 Å². The van der Waals surface area contributed by atoms with Gasteiger partial charge in [-0.15, -0.1) is 0 Å². The normalized spacial score (nSPS) is 18.5. The Kier molecular flexibility index (Phi) is 19.8. The smallest absolute Gasteiger partial charge is 0.0698 e. The number of nitrogens with zero attached hydrogens (tertiary/aromatic N) is 1. The lowest BCUT2D eigenvalue weighted by Crippen LogP contribution is -2.42. The predicted octanol–water partition coefficient (Wildman–Crippen LogP) is 4.76. The molecule has 27 heavy (non-hydrogen) atoms. The van der Waals surface area contributed by atoms with Gasteiger partial charge in [-0.1, -0.05) is 70.9 Å². The van der Waals surface area contributed by atoms with Gasteiger partial charge in [-0.2, -0.15) is 0 Å². The van der Waals surface area contributed by atoms with Gasteiger partial charge in [-0.05, 0) is 58.6 Å². The summed E-state index contributed by atoms with van der Waals surface area (Å²) in [5.74, 6) is 0. The van der Waals surface area contributed by atoms with Crippen molar-refractivity contribution in [2.75, 3.05) is 26.7 Å². The number of hydrogen-bond acceptors (Lipinski definition) is 4. The van der Waals surface area contributed by atoms with E-state index in [0.717, 1.165) is 30.9 Å². The minimum absolute atomic E-state index is 0.177. The molecule has 0 saturated heterocycles. The van der Waals surface area contributed by atoms with Gasteiger partial charge in [0.25, 0.3) is 0 Å². The second kappa shape index (κ2) is 19.3. The number of allylic oxidation sites excluding steroid dienone is 5. The predicted molar refractivity (Wildman–Crippen MR) is 125 cm³/mol. The first-order valence-electron chi connectivity index (χ1n) is 10.3. The maximum absolute atomic E-state index is 4.57. The highest BCUT2D eigenvalue weighted by molar-refractivity contribution is 5.76. The van der Waals surface area contributed by atoms with Crippen molar-refractivity contribution in [3.05, 3.63) is 48.2 Å². The molecule has 0 aliphatic carbocycles. The molecule has 0 amide bonds. The fraction of sp³-hybridized carbons (Fsp3) is 0.609. The monoisotopic (exact) mass is 376 g/mol. The van der Waals surface area contributed by atoms with Crippen molar-refractivity contribution < 1.29 is 0 Å². The van der Waals surface area contributed by atoms with Gasteiger partial charge in [0.1, 0.15) is 0 Å². The summed E-state index contributed by atoms with van der Waals surface area (Å²) in [6.07, 6.45) is 17.3. The van der Waals surface area contributed by atoms with Crippen molar-refractivity contribution in [2.24, 2.45) is 10.7 Å². The highest BCUT2D eigenvalue weighted by Crippen LogP contribution is 2.18. The van der Waals surface area contributed by atoms with Crippen LogP contribution in [-0.4, -0.2) is 38.4 Å². The molecular formula is C23H44N4. The minimum atomic E-state index is -0.177. The zero-order valence-electron chi connectivity index (χ0n) is 18.6. The van der Waals surface area contributed by atoms with E-state index >= 15 is 0 Å². The first kappa shape index (κ1) is 27.7. The molecular weight excluding hydrogens is 332 g/mol. The molecule has 4 heteroatoms. The first-order chi connectivity index (χ1) is 13.1. The Morgan fingerprint density at radius 1 is 1.15 bits per heavy atom. The number of unbranched alkanes of at least 4 members (excludes halogenated alkanes) is 3. The second-order valence-electron chi connectivity index (χ2n) is 6.36. The maximum atomic E-state index is 4.57. The average molecular weight is 377 g/mol. The second-order valence-corrected chi connectivity index (χ2v) is 6.36. The first-order valence-corrected chi connectivity index (χ1v) is 10.3. The van der Waals surface area contributed by atoms with E-state index in [0.29, 0.717) is 0 Å². The summed E-state index contributed by atoms with van der Waals surface area (Å²) in [6, 6.07) is 0. The van der Waals surface area contributed by atoms with Crippen molar-refractivity contribution in [3.8, 4) is 0 Å². The van der Waals surface area contributed by atoms with Crippen LogP contribution in [0.5, 0.6) is 0 Å². The van der Waals surface area contributed by atoms with Crippen molar-refractivity contribution in [1.82, 2.24) is 10.6 Å². The van der Waals surface area contributed by atoms with Gasteiger partial charge in [0, 0.05) is 6.21 Å².